The van der Waals surface area contributed by atoms with Gasteiger partial charge in [0.25, 0.3) is 0 Å². The van der Waals surface area contributed by atoms with Crippen LogP contribution in [0.15, 0.2) is 182 Å². The minimum absolute atomic E-state index is 0.809. The first-order valence-corrected chi connectivity index (χ1v) is 18.4. The summed E-state index contributed by atoms with van der Waals surface area (Å²) in [5.74, 6) is 0.809. The molecule has 0 bridgehead atoms. The molecule has 0 unspecified atom stereocenters. The average molecular weight is 687 g/mol. The highest BCUT2D eigenvalue weighted by molar-refractivity contribution is 6.22. The Morgan fingerprint density at radius 1 is 0.352 bits per heavy atom. The highest BCUT2D eigenvalue weighted by atomic mass is 15.1. The second-order valence-electron chi connectivity index (χ2n) is 14.2. The summed E-state index contributed by atoms with van der Waals surface area (Å²) in [6.07, 6.45) is 0. The molecular weight excluding hydrogens is 657 g/mol. The highest BCUT2D eigenvalue weighted by Gasteiger charge is 2.24. The number of fused-ring (bicyclic) bond motifs is 11. The third-order valence-corrected chi connectivity index (χ3v) is 11.2. The number of para-hydroxylation sites is 3. The van der Waals surface area contributed by atoms with Gasteiger partial charge in [-0.25, -0.2) is 9.97 Å². The van der Waals surface area contributed by atoms with Crippen LogP contribution in [0.1, 0.15) is 0 Å². The van der Waals surface area contributed by atoms with Gasteiger partial charge in [0.2, 0.25) is 0 Å². The monoisotopic (exact) mass is 686 g/mol. The van der Waals surface area contributed by atoms with Crippen LogP contribution >= 0.6 is 0 Å². The zero-order chi connectivity index (χ0) is 35.3. The van der Waals surface area contributed by atoms with Crippen molar-refractivity contribution in [3.63, 3.8) is 0 Å². The fourth-order valence-electron chi connectivity index (χ4n) is 8.81. The van der Waals surface area contributed by atoms with Crippen molar-refractivity contribution in [2.45, 2.75) is 0 Å². The molecule has 250 valence electrons. The van der Waals surface area contributed by atoms with E-state index in [4.69, 9.17) is 9.97 Å². The van der Waals surface area contributed by atoms with Crippen molar-refractivity contribution < 1.29 is 0 Å². The molecule has 4 heteroatoms. The van der Waals surface area contributed by atoms with Gasteiger partial charge in [-0.1, -0.05) is 133 Å². The Morgan fingerprint density at radius 3 is 1.81 bits per heavy atom. The van der Waals surface area contributed by atoms with Crippen LogP contribution in [0.4, 0.5) is 0 Å². The topological polar surface area (TPSA) is 35.6 Å². The van der Waals surface area contributed by atoms with Gasteiger partial charge in [-0.3, -0.25) is 4.57 Å². The van der Waals surface area contributed by atoms with E-state index < -0.39 is 0 Å². The largest absolute Gasteiger partial charge is 0.308 e. The first-order valence-electron chi connectivity index (χ1n) is 18.4. The SMILES string of the molecule is c1ccc2cc(-c3nc4ccccc4nc3-n3c4cc5ccccc5cc4c4c(-n5c6ccccc6c6ccc7ccccc7c65)cccc43)ccc2c1. The van der Waals surface area contributed by atoms with Crippen molar-refractivity contribution in [2.75, 3.05) is 0 Å². The molecular formula is C50H30N4. The predicted molar refractivity (Wildman–Crippen MR) is 226 cm³/mol. The Bertz CT molecular complexity index is 3510. The van der Waals surface area contributed by atoms with Crippen LogP contribution < -0.4 is 0 Å². The van der Waals surface area contributed by atoms with Crippen molar-refractivity contribution >= 4 is 87.0 Å². The summed E-state index contributed by atoms with van der Waals surface area (Å²) in [7, 11) is 0. The van der Waals surface area contributed by atoms with E-state index in [1.807, 2.05) is 12.1 Å². The van der Waals surface area contributed by atoms with Crippen LogP contribution in [0.3, 0.4) is 0 Å². The fourth-order valence-corrected chi connectivity index (χ4v) is 8.81. The normalized spacial score (nSPS) is 12.1. The van der Waals surface area contributed by atoms with Crippen molar-refractivity contribution in [2.24, 2.45) is 0 Å². The molecule has 9 aromatic carbocycles. The lowest BCUT2D eigenvalue weighted by atomic mass is 10.0. The Kier molecular flexibility index (Phi) is 6.02. The van der Waals surface area contributed by atoms with Crippen LogP contribution in [-0.4, -0.2) is 19.1 Å². The molecule has 12 rings (SSSR count). The van der Waals surface area contributed by atoms with Gasteiger partial charge in [0.1, 0.15) is 5.69 Å². The van der Waals surface area contributed by atoms with Crippen LogP contribution in [0.2, 0.25) is 0 Å². The van der Waals surface area contributed by atoms with Gasteiger partial charge in [-0.2, -0.15) is 0 Å². The molecule has 0 N–H and O–H groups in total. The number of rotatable bonds is 3. The van der Waals surface area contributed by atoms with Gasteiger partial charge in [-0.05, 0) is 75.5 Å². The molecule has 0 saturated carbocycles. The molecule has 54 heavy (non-hydrogen) atoms. The van der Waals surface area contributed by atoms with E-state index in [1.165, 1.54) is 64.9 Å². The van der Waals surface area contributed by atoms with E-state index in [1.54, 1.807) is 0 Å². The van der Waals surface area contributed by atoms with E-state index in [0.29, 0.717) is 0 Å². The summed E-state index contributed by atoms with van der Waals surface area (Å²) in [6.45, 7) is 0. The quantitative estimate of drug-likeness (QED) is 0.185. The first-order chi connectivity index (χ1) is 26.8. The van der Waals surface area contributed by atoms with Crippen LogP contribution in [0, 0.1) is 0 Å². The smallest absolute Gasteiger partial charge is 0.165 e. The molecule has 0 aliphatic rings. The zero-order valence-corrected chi connectivity index (χ0v) is 29.1. The second kappa shape index (κ2) is 11.1. The Hall–Kier alpha value is -7.30. The lowest BCUT2D eigenvalue weighted by molar-refractivity contribution is 1.08. The summed E-state index contributed by atoms with van der Waals surface area (Å²) in [4.78, 5) is 10.9. The van der Waals surface area contributed by atoms with Crippen LogP contribution in [0.25, 0.3) is 110 Å². The summed E-state index contributed by atoms with van der Waals surface area (Å²) < 4.78 is 4.85. The summed E-state index contributed by atoms with van der Waals surface area (Å²) in [5, 5.41) is 12.0. The number of aromatic nitrogens is 4. The van der Waals surface area contributed by atoms with Gasteiger partial charge in [-0.15, -0.1) is 0 Å². The molecule has 0 aliphatic carbocycles. The first kappa shape index (κ1) is 29.3. The number of benzene rings is 9. The molecule has 3 aromatic heterocycles. The molecule has 0 saturated heterocycles. The Balaban J connectivity index is 1.27. The highest BCUT2D eigenvalue weighted by Crippen LogP contribution is 2.43. The third-order valence-electron chi connectivity index (χ3n) is 11.2. The summed E-state index contributed by atoms with van der Waals surface area (Å²) in [6, 6.07) is 65.5. The van der Waals surface area contributed by atoms with Crippen molar-refractivity contribution in [3.8, 4) is 22.8 Å². The Labute approximate surface area is 309 Å². The minimum Gasteiger partial charge on any atom is -0.308 e. The second-order valence-corrected chi connectivity index (χ2v) is 14.2. The summed E-state index contributed by atoms with van der Waals surface area (Å²) in [5.41, 5.74) is 9.30. The maximum absolute atomic E-state index is 5.48. The molecule has 0 atom stereocenters. The van der Waals surface area contributed by atoms with Gasteiger partial charge in [0.05, 0.1) is 38.8 Å². The molecule has 12 aromatic rings. The van der Waals surface area contributed by atoms with E-state index in [2.05, 4.69) is 179 Å². The van der Waals surface area contributed by atoms with Gasteiger partial charge in [0, 0.05) is 32.5 Å². The Morgan fingerprint density at radius 2 is 0.981 bits per heavy atom. The standard InChI is InChI=1S/C50H30N4/c1-2-14-33-28-36(25-24-31(33)12-1)48-50(52-42-20-9-8-19-41(42)51-48)54-45-23-11-22-44(47(45)40-29-34-15-3-4-16-35(34)30-46(40)54)53-43-21-10-7-18-38(43)39-27-26-32-13-5-6-17-37(32)49(39)53/h1-30H. The van der Waals surface area contributed by atoms with Gasteiger partial charge >= 0.3 is 0 Å². The molecule has 0 fully saturated rings. The van der Waals surface area contributed by atoms with Gasteiger partial charge in [0.15, 0.2) is 5.82 Å². The van der Waals surface area contributed by atoms with E-state index in [-0.39, 0.29) is 0 Å². The fraction of sp³-hybridized carbons (Fsp3) is 0. The van der Waals surface area contributed by atoms with Crippen LogP contribution in [0.5, 0.6) is 0 Å². The number of nitrogens with zero attached hydrogens (tertiary/aromatic N) is 4. The lowest BCUT2D eigenvalue weighted by Crippen LogP contribution is -2.04. The average Bonchev–Trinajstić information content (AvgIpc) is 3.75. The van der Waals surface area contributed by atoms with Crippen LogP contribution in [-0.2, 0) is 0 Å². The van der Waals surface area contributed by atoms with E-state index in [0.717, 1.165) is 44.8 Å². The predicted octanol–water partition coefficient (Wildman–Crippen LogP) is 13.0. The number of hydrogen-bond donors (Lipinski definition) is 0. The number of hydrogen-bond acceptors (Lipinski definition) is 2. The molecule has 0 amide bonds. The van der Waals surface area contributed by atoms with Gasteiger partial charge < -0.3 is 4.57 Å². The molecule has 0 aliphatic heterocycles. The van der Waals surface area contributed by atoms with E-state index in [9.17, 15) is 0 Å². The minimum atomic E-state index is 0.809. The van der Waals surface area contributed by atoms with Crippen molar-refractivity contribution in [1.29, 1.82) is 0 Å². The molecule has 3 heterocycles. The lowest BCUT2D eigenvalue weighted by Gasteiger charge is -2.15. The van der Waals surface area contributed by atoms with Crippen molar-refractivity contribution in [3.05, 3.63) is 182 Å². The third kappa shape index (κ3) is 4.13. The molecule has 0 spiro atoms. The maximum atomic E-state index is 5.48. The van der Waals surface area contributed by atoms with Crippen molar-refractivity contribution in [1.82, 2.24) is 19.1 Å². The van der Waals surface area contributed by atoms with E-state index >= 15 is 0 Å². The maximum Gasteiger partial charge on any atom is 0.165 e. The molecule has 4 nitrogen and oxygen atoms in total. The zero-order valence-electron chi connectivity index (χ0n) is 29.1. The summed E-state index contributed by atoms with van der Waals surface area (Å²) >= 11 is 0. The molecule has 0 radical (unpaired) electrons.